The summed E-state index contributed by atoms with van der Waals surface area (Å²) in [5.74, 6) is 1.15. The minimum absolute atomic E-state index is 0. The van der Waals surface area contributed by atoms with Gasteiger partial charge in [0.15, 0.2) is 0 Å². The summed E-state index contributed by atoms with van der Waals surface area (Å²) in [5.41, 5.74) is 5.50. The Morgan fingerprint density at radius 3 is 2.71 bits per heavy atom. The maximum atomic E-state index is 12.2. The van der Waals surface area contributed by atoms with Gasteiger partial charge in [-0.1, -0.05) is 52.4 Å². The molecule has 0 amide bonds. The van der Waals surface area contributed by atoms with Crippen LogP contribution in [0.15, 0.2) is 29.2 Å². The first-order valence-electron chi connectivity index (χ1n) is 10.2. The molecular weight excluding hydrogens is 522 g/mol. The SMILES string of the molecule is CC(C)Cc1cc[c-]c2c1c1c(n3ccc(=O)[c-]c23)C2(C)CCC1C2(C)C.[Ir]. The maximum absolute atomic E-state index is 12.2. The Morgan fingerprint density at radius 2 is 2.00 bits per heavy atom. The van der Waals surface area contributed by atoms with Crippen LogP contribution >= 0.6 is 0 Å². The molecule has 0 spiro atoms. The average molecular weight is 550 g/mol. The van der Waals surface area contributed by atoms with Crippen molar-refractivity contribution in [2.75, 3.05) is 0 Å². The van der Waals surface area contributed by atoms with E-state index in [0.29, 0.717) is 11.8 Å². The van der Waals surface area contributed by atoms with Crippen molar-refractivity contribution in [3.05, 3.63) is 63.6 Å². The number of pyridine rings is 2. The van der Waals surface area contributed by atoms with E-state index >= 15 is 0 Å². The molecule has 2 heterocycles. The van der Waals surface area contributed by atoms with Crippen LogP contribution in [0.2, 0.25) is 0 Å². The van der Waals surface area contributed by atoms with Crippen molar-refractivity contribution in [1.82, 2.24) is 4.40 Å². The van der Waals surface area contributed by atoms with Gasteiger partial charge in [0.25, 0.3) is 0 Å². The van der Waals surface area contributed by atoms with E-state index in [9.17, 15) is 4.79 Å². The van der Waals surface area contributed by atoms with Gasteiger partial charge in [0.1, 0.15) is 0 Å². The van der Waals surface area contributed by atoms with Crippen molar-refractivity contribution >= 4 is 16.3 Å². The number of fused-ring (bicyclic) bond motifs is 10. The fraction of sp³-hybridized carbons (Fsp3) is 0.480. The molecule has 0 saturated heterocycles. The predicted octanol–water partition coefficient (Wildman–Crippen LogP) is 5.42. The molecule has 2 nitrogen and oxygen atoms in total. The molecule has 0 aliphatic heterocycles. The molecule has 1 aromatic carbocycles. The number of nitrogens with zero attached hydrogens (tertiary/aromatic N) is 1. The Labute approximate surface area is 180 Å². The van der Waals surface area contributed by atoms with Gasteiger partial charge >= 0.3 is 0 Å². The summed E-state index contributed by atoms with van der Waals surface area (Å²) in [6.45, 7) is 11.8. The number of hydrogen-bond donors (Lipinski definition) is 0. The van der Waals surface area contributed by atoms with Crippen molar-refractivity contribution in [3.63, 3.8) is 0 Å². The van der Waals surface area contributed by atoms with Crippen LogP contribution in [0.5, 0.6) is 0 Å². The zero-order chi connectivity index (χ0) is 19.1. The third-order valence-electron chi connectivity index (χ3n) is 7.67. The quantitative estimate of drug-likeness (QED) is 0.309. The smallest absolute Gasteiger partial charge is 0.0621 e. The largest absolute Gasteiger partial charge is 0.396 e. The van der Waals surface area contributed by atoms with Gasteiger partial charge in [-0.3, -0.25) is 0 Å². The maximum Gasteiger partial charge on any atom is 0.0621 e. The van der Waals surface area contributed by atoms with Gasteiger partial charge in [0.2, 0.25) is 0 Å². The first-order chi connectivity index (χ1) is 12.8. The minimum Gasteiger partial charge on any atom is -0.396 e. The van der Waals surface area contributed by atoms with Crippen LogP contribution in [0.4, 0.5) is 0 Å². The first-order valence-corrected chi connectivity index (χ1v) is 10.2. The van der Waals surface area contributed by atoms with Crippen LogP contribution in [0.25, 0.3) is 16.3 Å². The molecule has 3 aromatic rings. The van der Waals surface area contributed by atoms with Gasteiger partial charge < -0.3 is 9.20 Å². The van der Waals surface area contributed by atoms with Gasteiger partial charge in [-0.05, 0) is 36.5 Å². The summed E-state index contributed by atoms with van der Waals surface area (Å²) in [6.07, 6.45) is 5.48. The summed E-state index contributed by atoms with van der Waals surface area (Å²) in [7, 11) is 0. The first kappa shape index (κ1) is 19.9. The number of rotatable bonds is 2. The summed E-state index contributed by atoms with van der Waals surface area (Å²) in [5, 5.41) is 2.42. The monoisotopic (exact) mass is 550 g/mol. The predicted molar refractivity (Wildman–Crippen MR) is 110 cm³/mol. The van der Waals surface area contributed by atoms with Gasteiger partial charge in [-0.2, -0.15) is 17.5 Å². The van der Waals surface area contributed by atoms with Gasteiger partial charge in [-0.15, -0.1) is 17.1 Å². The molecule has 5 rings (SSSR count). The molecule has 2 aliphatic rings. The minimum atomic E-state index is -0.0496. The molecule has 2 atom stereocenters. The average Bonchev–Trinajstić information content (AvgIpc) is 2.93. The Bertz CT molecular complexity index is 1160. The van der Waals surface area contributed by atoms with E-state index in [2.05, 4.69) is 57.2 Å². The molecule has 3 heteroatoms. The number of hydrogen-bond acceptors (Lipinski definition) is 1. The van der Waals surface area contributed by atoms with E-state index in [0.717, 1.165) is 17.3 Å². The van der Waals surface area contributed by atoms with Gasteiger partial charge in [0, 0.05) is 31.2 Å². The van der Waals surface area contributed by atoms with E-state index in [1.807, 2.05) is 12.3 Å². The zero-order valence-corrected chi connectivity index (χ0v) is 19.7. The van der Waals surface area contributed by atoms with Crippen molar-refractivity contribution in [2.24, 2.45) is 11.3 Å². The fourth-order valence-corrected chi connectivity index (χ4v) is 6.03. The summed E-state index contributed by atoms with van der Waals surface area (Å²) >= 11 is 0. The molecule has 1 fully saturated rings. The zero-order valence-electron chi connectivity index (χ0n) is 17.3. The summed E-state index contributed by atoms with van der Waals surface area (Å²) < 4.78 is 2.26. The third kappa shape index (κ3) is 2.33. The normalized spacial score (nSPS) is 24.7. The second-order valence-electron chi connectivity index (χ2n) is 9.78. The molecule has 2 bridgehead atoms. The molecule has 0 N–H and O–H groups in total. The fourth-order valence-electron chi connectivity index (χ4n) is 6.03. The van der Waals surface area contributed by atoms with Gasteiger partial charge in [0.05, 0.1) is 5.43 Å². The van der Waals surface area contributed by atoms with E-state index in [1.54, 1.807) is 6.07 Å². The Kier molecular flexibility index (Phi) is 4.45. The second-order valence-corrected chi connectivity index (χ2v) is 9.78. The Hall–Kier alpha value is -1.44. The molecule has 2 aromatic heterocycles. The van der Waals surface area contributed by atoms with Crippen LogP contribution in [-0.2, 0) is 31.9 Å². The molecule has 2 aliphatic carbocycles. The van der Waals surface area contributed by atoms with Crippen molar-refractivity contribution in [1.29, 1.82) is 0 Å². The summed E-state index contributed by atoms with van der Waals surface area (Å²) in [4.78, 5) is 12.2. The van der Waals surface area contributed by atoms with Crippen molar-refractivity contribution in [3.8, 4) is 0 Å². The standard InChI is InChI=1S/C25H27NO.Ir/c1-15(2)13-16-7-6-8-18-20-14-17(27)10-12-26(20)23-22(21(16)18)19-9-11-25(23,5)24(19,3)4;/h6-7,10,12,15,19H,9,11,13H2,1-5H3;/q-2;. The molecule has 2 unspecified atom stereocenters. The second kappa shape index (κ2) is 6.28. The van der Waals surface area contributed by atoms with E-state index in [4.69, 9.17) is 0 Å². The van der Waals surface area contributed by atoms with E-state index in [-0.39, 0.29) is 36.4 Å². The van der Waals surface area contributed by atoms with Crippen LogP contribution in [0.3, 0.4) is 0 Å². The number of aromatic nitrogens is 1. The molecular formula is C25H27IrNO-2. The van der Waals surface area contributed by atoms with Crippen LogP contribution in [0, 0.1) is 23.5 Å². The van der Waals surface area contributed by atoms with Crippen molar-refractivity contribution < 1.29 is 20.1 Å². The van der Waals surface area contributed by atoms with Crippen LogP contribution in [0.1, 0.15) is 70.2 Å². The third-order valence-corrected chi connectivity index (χ3v) is 7.67. The summed E-state index contributed by atoms with van der Waals surface area (Å²) in [6, 6.07) is 12.5. The van der Waals surface area contributed by atoms with Gasteiger partial charge in [-0.25, -0.2) is 11.5 Å². The van der Waals surface area contributed by atoms with E-state index < -0.39 is 0 Å². The van der Waals surface area contributed by atoms with Crippen LogP contribution in [-0.4, -0.2) is 4.40 Å². The topological polar surface area (TPSA) is 21.5 Å². The number of benzene rings is 1. The van der Waals surface area contributed by atoms with E-state index in [1.165, 1.54) is 35.0 Å². The Balaban J connectivity index is 0.00000192. The Morgan fingerprint density at radius 1 is 1.25 bits per heavy atom. The molecule has 1 radical (unpaired) electrons. The van der Waals surface area contributed by atoms with Crippen LogP contribution < -0.4 is 5.43 Å². The van der Waals surface area contributed by atoms with Crippen molar-refractivity contribution in [2.45, 2.75) is 65.2 Å². The molecule has 149 valence electrons. The molecule has 28 heavy (non-hydrogen) atoms. The molecule has 1 saturated carbocycles.